The van der Waals surface area contributed by atoms with Crippen molar-refractivity contribution in [3.8, 4) is 0 Å². The normalized spacial score (nSPS) is 23.9. The third-order valence-electron chi connectivity index (χ3n) is 8.72. The first-order valence-corrected chi connectivity index (χ1v) is 13.4. The summed E-state index contributed by atoms with van der Waals surface area (Å²) in [5.74, 6) is 0.442. The molecule has 3 aliphatic heterocycles. The lowest BCUT2D eigenvalue weighted by Crippen LogP contribution is -2.61. The first-order valence-electron chi connectivity index (χ1n) is 13.4. The van der Waals surface area contributed by atoms with E-state index in [0.717, 1.165) is 34.4 Å². The monoisotopic (exact) mass is 525 g/mol. The van der Waals surface area contributed by atoms with E-state index in [2.05, 4.69) is 20.2 Å². The maximum atomic E-state index is 14.0. The van der Waals surface area contributed by atoms with Crippen molar-refractivity contribution in [3.05, 3.63) is 93.3 Å². The molecule has 2 aromatic heterocycles. The van der Waals surface area contributed by atoms with Crippen LogP contribution in [0.5, 0.6) is 0 Å². The van der Waals surface area contributed by atoms with E-state index in [9.17, 15) is 20.0 Å². The van der Waals surface area contributed by atoms with Crippen LogP contribution >= 0.6 is 0 Å². The number of H-pyrrole nitrogens is 1. The number of nitrogens with one attached hydrogen (secondary N) is 2. The van der Waals surface area contributed by atoms with Crippen molar-refractivity contribution in [1.29, 1.82) is 0 Å². The maximum Gasteiger partial charge on any atom is 0.250 e. The number of piperidine rings is 1. The Kier molecular flexibility index (Phi) is 5.50. The Bertz CT molecular complexity index is 1610. The number of amides is 1. The molecule has 7 rings (SSSR count). The van der Waals surface area contributed by atoms with E-state index in [1.807, 2.05) is 54.0 Å². The Balaban J connectivity index is 1.25. The lowest BCUT2D eigenvalue weighted by Gasteiger charge is -2.54. The number of hydrogen-bond donors (Lipinski definition) is 3. The Morgan fingerprint density at radius 3 is 2.85 bits per heavy atom. The lowest BCUT2D eigenvalue weighted by molar-refractivity contribution is -0.127. The molecular formula is C29H29N6O4-. The first kappa shape index (κ1) is 23.9. The van der Waals surface area contributed by atoms with Gasteiger partial charge in [-0.3, -0.25) is 14.8 Å². The molecule has 4 aromatic rings. The van der Waals surface area contributed by atoms with Crippen LogP contribution in [0.25, 0.3) is 11.0 Å². The van der Waals surface area contributed by atoms with Crippen molar-refractivity contribution in [3.63, 3.8) is 0 Å². The highest BCUT2D eigenvalue weighted by Crippen LogP contribution is 2.47. The predicted octanol–water partition coefficient (Wildman–Crippen LogP) is 3.46. The molecule has 1 saturated heterocycles. The molecule has 10 heteroatoms. The van der Waals surface area contributed by atoms with E-state index >= 15 is 0 Å². The smallest absolute Gasteiger partial charge is 0.250 e. The van der Waals surface area contributed by atoms with Gasteiger partial charge in [-0.2, -0.15) is 0 Å². The predicted molar refractivity (Wildman–Crippen MR) is 147 cm³/mol. The third-order valence-corrected chi connectivity index (χ3v) is 8.72. The van der Waals surface area contributed by atoms with Gasteiger partial charge in [-0.25, -0.2) is 4.98 Å². The van der Waals surface area contributed by atoms with E-state index in [0.29, 0.717) is 25.3 Å². The zero-order valence-corrected chi connectivity index (χ0v) is 21.4. The van der Waals surface area contributed by atoms with Gasteiger partial charge in [0.05, 0.1) is 28.7 Å². The first-order chi connectivity index (χ1) is 18.9. The van der Waals surface area contributed by atoms with Gasteiger partial charge >= 0.3 is 0 Å². The Hall–Kier alpha value is -4.15. The average molecular weight is 526 g/mol. The van der Waals surface area contributed by atoms with Crippen LogP contribution in [0, 0.1) is 17.0 Å². The number of aromatic amines is 1. The molecule has 2 bridgehead atoms. The summed E-state index contributed by atoms with van der Waals surface area (Å²) in [6.07, 6.45) is 1.33. The summed E-state index contributed by atoms with van der Waals surface area (Å²) < 4.78 is 1.88. The molecule has 1 fully saturated rings. The minimum absolute atomic E-state index is 0.00510. The molecule has 5 atom stereocenters. The SMILES string of the molecule is C[C@H](NC(=O)[C@@H]1Cc2cc(N([O-])O)ccc2N2CC3CC(Cn4c3cccc4=O)[C@@H]12)c1nc2ccccc2[nH]1. The van der Waals surface area contributed by atoms with Crippen LogP contribution in [0.3, 0.4) is 0 Å². The summed E-state index contributed by atoms with van der Waals surface area (Å²) in [6, 6.07) is 17.9. The fraction of sp³-hybridized carbons (Fsp3) is 0.345. The fourth-order valence-corrected chi connectivity index (χ4v) is 7.02. The van der Waals surface area contributed by atoms with Crippen molar-refractivity contribution < 1.29 is 10.0 Å². The number of fused-ring (bicyclic) bond motifs is 9. The van der Waals surface area contributed by atoms with E-state index in [1.54, 1.807) is 18.2 Å². The minimum atomic E-state index is -0.412. The molecule has 2 aromatic carbocycles. The third kappa shape index (κ3) is 3.90. The number of pyridine rings is 1. The quantitative estimate of drug-likeness (QED) is 0.348. The van der Waals surface area contributed by atoms with Gasteiger partial charge in [0, 0.05) is 42.5 Å². The van der Waals surface area contributed by atoms with Crippen LogP contribution in [0.15, 0.2) is 65.5 Å². The summed E-state index contributed by atoms with van der Waals surface area (Å²) >= 11 is 0. The maximum absolute atomic E-state index is 14.0. The Morgan fingerprint density at radius 1 is 1.18 bits per heavy atom. The zero-order valence-electron chi connectivity index (χ0n) is 21.4. The molecule has 200 valence electrons. The summed E-state index contributed by atoms with van der Waals surface area (Å²) in [4.78, 5) is 37.0. The molecule has 0 spiro atoms. The largest absolute Gasteiger partial charge is 0.733 e. The molecule has 3 N–H and O–H groups in total. The highest BCUT2D eigenvalue weighted by Gasteiger charge is 2.49. The second-order valence-electron chi connectivity index (χ2n) is 11.0. The zero-order chi connectivity index (χ0) is 26.8. The minimum Gasteiger partial charge on any atom is -0.733 e. The second-order valence-corrected chi connectivity index (χ2v) is 11.0. The van der Waals surface area contributed by atoms with Gasteiger partial charge in [0.2, 0.25) is 5.91 Å². The van der Waals surface area contributed by atoms with Crippen molar-refractivity contribution in [2.75, 3.05) is 16.7 Å². The van der Waals surface area contributed by atoms with Crippen molar-refractivity contribution in [2.45, 2.75) is 44.3 Å². The van der Waals surface area contributed by atoms with E-state index in [4.69, 9.17) is 0 Å². The summed E-state index contributed by atoms with van der Waals surface area (Å²) in [6.45, 7) is 3.14. The summed E-state index contributed by atoms with van der Waals surface area (Å²) in [7, 11) is 0. The molecule has 1 amide bonds. The molecule has 0 aliphatic carbocycles. The van der Waals surface area contributed by atoms with Crippen molar-refractivity contribution >= 4 is 28.3 Å². The standard InChI is InChI=1S/C29H29N6O4/c1-16(28-31-22-5-2-3-6-23(22)32-28)30-29(37)21-13-17-12-20(35(38)39)9-10-25(17)34-14-18-11-19(27(21)34)15-33-24(18)7-4-8-26(33)36/h2-10,12,16,18-19,21,27,38H,11,13-15H2,1H3,(H,30,37)(H,31,32)/q-1/t16-,18?,19?,21+,27-/m0/s1. The number of carbonyl (C=O) groups excluding carboxylic acids is 1. The van der Waals surface area contributed by atoms with Gasteiger partial charge < -0.3 is 30.2 Å². The van der Waals surface area contributed by atoms with Crippen LogP contribution in [0.4, 0.5) is 11.4 Å². The number of nitrogens with zero attached hydrogens (tertiary/aromatic N) is 4. The molecule has 0 saturated carbocycles. The van der Waals surface area contributed by atoms with Crippen LogP contribution < -0.4 is 21.0 Å². The number of para-hydroxylation sites is 2. The molecule has 39 heavy (non-hydrogen) atoms. The van der Waals surface area contributed by atoms with Gasteiger partial charge in [0.15, 0.2) is 0 Å². The van der Waals surface area contributed by atoms with Crippen molar-refractivity contribution in [2.24, 2.45) is 11.8 Å². The number of carbonyl (C=O) groups is 1. The Morgan fingerprint density at radius 2 is 2.03 bits per heavy atom. The molecule has 5 heterocycles. The van der Waals surface area contributed by atoms with Crippen LogP contribution in [0.2, 0.25) is 0 Å². The van der Waals surface area contributed by atoms with Crippen LogP contribution in [-0.4, -0.2) is 38.2 Å². The van der Waals surface area contributed by atoms with Gasteiger partial charge in [-0.15, -0.1) is 0 Å². The summed E-state index contributed by atoms with van der Waals surface area (Å²) in [5.41, 5.74) is 4.73. The second kappa shape index (κ2) is 8.96. The fourth-order valence-electron chi connectivity index (χ4n) is 7.02. The van der Waals surface area contributed by atoms with Gasteiger partial charge in [-0.1, -0.05) is 18.2 Å². The number of benzene rings is 2. The van der Waals surface area contributed by atoms with E-state index in [1.165, 1.54) is 0 Å². The van der Waals surface area contributed by atoms with E-state index < -0.39 is 5.92 Å². The number of imidazole rings is 1. The lowest BCUT2D eigenvalue weighted by atomic mass is 9.70. The molecule has 10 nitrogen and oxygen atoms in total. The molecule has 3 aliphatic rings. The highest BCUT2D eigenvalue weighted by atomic mass is 16.8. The van der Waals surface area contributed by atoms with Crippen LogP contribution in [-0.2, 0) is 17.8 Å². The average Bonchev–Trinajstić information content (AvgIpc) is 3.37. The molecule has 0 radical (unpaired) electrons. The van der Waals surface area contributed by atoms with Gasteiger partial charge in [0.1, 0.15) is 5.82 Å². The number of anilines is 2. The van der Waals surface area contributed by atoms with E-state index in [-0.39, 0.29) is 46.3 Å². The molecule has 2 unspecified atom stereocenters. The number of hydrogen-bond acceptors (Lipinski definition) is 7. The number of aromatic nitrogens is 3. The topological polar surface area (TPSA) is 130 Å². The Labute approximate surface area is 224 Å². The van der Waals surface area contributed by atoms with Gasteiger partial charge in [0.25, 0.3) is 5.56 Å². The van der Waals surface area contributed by atoms with Crippen molar-refractivity contribution in [1.82, 2.24) is 19.9 Å². The van der Waals surface area contributed by atoms with Gasteiger partial charge in [-0.05, 0) is 67.6 Å². The summed E-state index contributed by atoms with van der Waals surface area (Å²) in [5, 5.41) is 24.3. The number of rotatable bonds is 4. The molecular weight excluding hydrogens is 496 g/mol. The highest BCUT2D eigenvalue weighted by molar-refractivity contribution is 5.83. The van der Waals surface area contributed by atoms with Crippen LogP contribution in [0.1, 0.15) is 42.4 Å².